The number of amides is 1. The van der Waals surface area contributed by atoms with Crippen LogP contribution < -0.4 is 5.32 Å². The molecule has 0 saturated heterocycles. The summed E-state index contributed by atoms with van der Waals surface area (Å²) in [5.41, 5.74) is 1.12. The van der Waals surface area contributed by atoms with Gasteiger partial charge in [-0.15, -0.1) is 0 Å². The SMILES string of the molecule is CC(NC(=O)c1cncc(O)c1)c1ccc(Cl)c(Cl)c1. The van der Waals surface area contributed by atoms with Crippen molar-refractivity contribution in [2.75, 3.05) is 0 Å². The predicted octanol–water partition coefficient (Wildman–Crippen LogP) is 3.59. The second-order valence-electron chi connectivity index (χ2n) is 4.30. The van der Waals surface area contributed by atoms with Gasteiger partial charge in [-0.1, -0.05) is 29.3 Å². The second-order valence-corrected chi connectivity index (χ2v) is 5.11. The highest BCUT2D eigenvalue weighted by Gasteiger charge is 2.13. The van der Waals surface area contributed by atoms with Crippen molar-refractivity contribution in [3.8, 4) is 5.75 Å². The molecule has 4 nitrogen and oxygen atoms in total. The number of hydrogen-bond acceptors (Lipinski definition) is 3. The van der Waals surface area contributed by atoms with E-state index in [1.807, 2.05) is 6.92 Å². The maximum atomic E-state index is 12.0. The molecule has 1 aromatic carbocycles. The first-order chi connectivity index (χ1) is 9.47. The van der Waals surface area contributed by atoms with E-state index in [1.54, 1.807) is 18.2 Å². The molecule has 0 aliphatic heterocycles. The molecule has 20 heavy (non-hydrogen) atoms. The van der Waals surface area contributed by atoms with E-state index in [-0.39, 0.29) is 23.3 Å². The summed E-state index contributed by atoms with van der Waals surface area (Å²) in [5, 5.41) is 13.0. The number of aromatic nitrogens is 1. The van der Waals surface area contributed by atoms with Crippen LogP contribution in [0.5, 0.6) is 5.75 Å². The smallest absolute Gasteiger partial charge is 0.253 e. The van der Waals surface area contributed by atoms with Gasteiger partial charge < -0.3 is 10.4 Å². The van der Waals surface area contributed by atoms with Gasteiger partial charge in [0.2, 0.25) is 0 Å². The van der Waals surface area contributed by atoms with Crippen LogP contribution >= 0.6 is 23.2 Å². The summed E-state index contributed by atoms with van der Waals surface area (Å²) in [7, 11) is 0. The van der Waals surface area contributed by atoms with Crippen LogP contribution in [0.1, 0.15) is 28.9 Å². The molecule has 0 radical (unpaired) electrons. The molecule has 1 heterocycles. The third kappa shape index (κ3) is 3.40. The van der Waals surface area contributed by atoms with Crippen LogP contribution in [0.25, 0.3) is 0 Å². The van der Waals surface area contributed by atoms with Gasteiger partial charge in [0.05, 0.1) is 27.8 Å². The molecule has 0 spiro atoms. The molecule has 0 fully saturated rings. The fourth-order valence-electron chi connectivity index (χ4n) is 1.70. The highest BCUT2D eigenvalue weighted by atomic mass is 35.5. The van der Waals surface area contributed by atoms with Gasteiger partial charge in [0.15, 0.2) is 0 Å². The number of nitrogens with one attached hydrogen (secondary N) is 1. The molecule has 0 bridgehead atoms. The molecule has 6 heteroatoms. The Labute approximate surface area is 126 Å². The average Bonchev–Trinajstić information content (AvgIpc) is 2.41. The van der Waals surface area contributed by atoms with E-state index in [0.29, 0.717) is 10.0 Å². The van der Waals surface area contributed by atoms with Crippen LogP contribution in [0, 0.1) is 0 Å². The first-order valence-corrected chi connectivity index (χ1v) is 6.63. The van der Waals surface area contributed by atoms with E-state index in [4.69, 9.17) is 23.2 Å². The summed E-state index contributed by atoms with van der Waals surface area (Å²) in [4.78, 5) is 15.8. The number of carbonyl (C=O) groups is 1. The minimum atomic E-state index is -0.327. The van der Waals surface area contributed by atoms with E-state index in [2.05, 4.69) is 10.3 Å². The van der Waals surface area contributed by atoms with E-state index >= 15 is 0 Å². The number of nitrogens with zero attached hydrogens (tertiary/aromatic N) is 1. The average molecular weight is 311 g/mol. The zero-order valence-electron chi connectivity index (χ0n) is 10.6. The maximum absolute atomic E-state index is 12.0. The summed E-state index contributed by atoms with van der Waals surface area (Å²) in [6.07, 6.45) is 2.65. The Bertz CT molecular complexity index is 647. The molecule has 1 aromatic heterocycles. The van der Waals surface area contributed by atoms with Crippen LogP contribution in [0.15, 0.2) is 36.7 Å². The normalized spacial score (nSPS) is 11.9. The number of carbonyl (C=O) groups excluding carboxylic acids is 1. The summed E-state index contributed by atoms with van der Waals surface area (Å²) in [6, 6.07) is 6.27. The van der Waals surface area contributed by atoms with Crippen molar-refractivity contribution in [2.24, 2.45) is 0 Å². The minimum absolute atomic E-state index is 0.0557. The summed E-state index contributed by atoms with van der Waals surface area (Å²) in [6.45, 7) is 1.83. The highest BCUT2D eigenvalue weighted by Crippen LogP contribution is 2.25. The minimum Gasteiger partial charge on any atom is -0.506 e. The van der Waals surface area contributed by atoms with Crippen LogP contribution in [-0.4, -0.2) is 16.0 Å². The lowest BCUT2D eigenvalue weighted by molar-refractivity contribution is 0.0939. The van der Waals surface area contributed by atoms with Gasteiger partial charge in [0, 0.05) is 6.20 Å². The number of halogens is 2. The lowest BCUT2D eigenvalue weighted by Gasteiger charge is -2.15. The monoisotopic (exact) mass is 310 g/mol. The standard InChI is InChI=1S/C14H12Cl2N2O2/c1-8(9-2-3-12(15)13(16)5-9)18-14(20)10-4-11(19)7-17-6-10/h2-8,19H,1H3,(H,18,20). The molecular weight excluding hydrogens is 299 g/mol. The van der Waals surface area contributed by atoms with Gasteiger partial charge in [0.25, 0.3) is 5.91 Å². The number of rotatable bonds is 3. The summed E-state index contributed by atoms with van der Waals surface area (Å²) < 4.78 is 0. The second kappa shape index (κ2) is 6.11. The highest BCUT2D eigenvalue weighted by molar-refractivity contribution is 6.42. The Morgan fingerprint density at radius 2 is 2.00 bits per heavy atom. The lowest BCUT2D eigenvalue weighted by atomic mass is 10.1. The summed E-state index contributed by atoms with van der Waals surface area (Å²) >= 11 is 11.8. The number of aromatic hydroxyl groups is 1. The van der Waals surface area contributed by atoms with Crippen molar-refractivity contribution in [1.29, 1.82) is 0 Å². The molecule has 0 saturated carbocycles. The Hall–Kier alpha value is -1.78. The molecule has 0 aliphatic carbocycles. The molecule has 2 N–H and O–H groups in total. The maximum Gasteiger partial charge on any atom is 0.253 e. The number of hydrogen-bond donors (Lipinski definition) is 2. The zero-order chi connectivity index (χ0) is 14.7. The van der Waals surface area contributed by atoms with E-state index in [0.717, 1.165) is 5.56 Å². The molecule has 104 valence electrons. The van der Waals surface area contributed by atoms with Crippen LogP contribution in [0.3, 0.4) is 0 Å². The summed E-state index contributed by atoms with van der Waals surface area (Å²) in [5.74, 6) is -0.383. The van der Waals surface area contributed by atoms with Crippen LogP contribution in [-0.2, 0) is 0 Å². The predicted molar refractivity (Wildman–Crippen MR) is 78.2 cm³/mol. The molecule has 1 atom stereocenters. The fraction of sp³-hybridized carbons (Fsp3) is 0.143. The zero-order valence-corrected chi connectivity index (χ0v) is 12.1. The van der Waals surface area contributed by atoms with Crippen LogP contribution in [0.4, 0.5) is 0 Å². The molecule has 1 unspecified atom stereocenters. The van der Waals surface area contributed by atoms with Gasteiger partial charge in [-0.2, -0.15) is 0 Å². The first-order valence-electron chi connectivity index (χ1n) is 5.87. The van der Waals surface area contributed by atoms with Crippen molar-refractivity contribution in [3.05, 3.63) is 57.8 Å². The van der Waals surface area contributed by atoms with Gasteiger partial charge in [0.1, 0.15) is 5.75 Å². The van der Waals surface area contributed by atoms with Crippen molar-refractivity contribution in [3.63, 3.8) is 0 Å². The fourth-order valence-corrected chi connectivity index (χ4v) is 2.00. The molecular formula is C14H12Cl2N2O2. The number of pyridine rings is 1. The quantitative estimate of drug-likeness (QED) is 0.910. The van der Waals surface area contributed by atoms with Crippen molar-refractivity contribution < 1.29 is 9.90 Å². The van der Waals surface area contributed by atoms with Crippen LogP contribution in [0.2, 0.25) is 10.0 Å². The Morgan fingerprint density at radius 1 is 1.25 bits per heavy atom. The van der Waals surface area contributed by atoms with Gasteiger partial charge in [-0.3, -0.25) is 9.78 Å². The third-order valence-corrected chi connectivity index (χ3v) is 3.52. The molecule has 2 rings (SSSR count). The topological polar surface area (TPSA) is 62.2 Å². The van der Waals surface area contributed by atoms with Gasteiger partial charge in [-0.05, 0) is 30.7 Å². The van der Waals surface area contributed by atoms with Crippen molar-refractivity contribution in [2.45, 2.75) is 13.0 Å². The number of benzene rings is 1. The third-order valence-electron chi connectivity index (χ3n) is 2.78. The Morgan fingerprint density at radius 3 is 2.65 bits per heavy atom. The van der Waals surface area contributed by atoms with E-state index in [1.165, 1.54) is 18.5 Å². The van der Waals surface area contributed by atoms with Gasteiger partial charge in [-0.25, -0.2) is 0 Å². The molecule has 1 amide bonds. The first kappa shape index (κ1) is 14.6. The van der Waals surface area contributed by atoms with Crippen molar-refractivity contribution in [1.82, 2.24) is 10.3 Å². The lowest BCUT2D eigenvalue weighted by Crippen LogP contribution is -2.26. The largest absolute Gasteiger partial charge is 0.506 e. The van der Waals surface area contributed by atoms with E-state index in [9.17, 15) is 9.90 Å². The van der Waals surface area contributed by atoms with Crippen molar-refractivity contribution >= 4 is 29.1 Å². The Balaban J connectivity index is 2.13. The Kier molecular flexibility index (Phi) is 4.47. The molecule has 2 aromatic rings. The van der Waals surface area contributed by atoms with E-state index < -0.39 is 0 Å². The van der Waals surface area contributed by atoms with Gasteiger partial charge >= 0.3 is 0 Å². The molecule has 0 aliphatic rings.